The lowest BCUT2D eigenvalue weighted by Gasteiger charge is -2.31. The summed E-state index contributed by atoms with van der Waals surface area (Å²) in [5, 5.41) is 12.0. The van der Waals surface area contributed by atoms with Crippen molar-refractivity contribution in [1.29, 1.82) is 0 Å². The topological polar surface area (TPSA) is 53.4 Å². The summed E-state index contributed by atoms with van der Waals surface area (Å²) < 4.78 is 0. The third kappa shape index (κ3) is 3.04. The second-order valence-corrected chi connectivity index (χ2v) is 5.48. The molecule has 0 aromatic carbocycles. The molecule has 1 aliphatic carbocycles. The van der Waals surface area contributed by atoms with E-state index in [0.717, 1.165) is 17.8 Å². The zero-order chi connectivity index (χ0) is 12.3. The molecule has 1 heterocycles. The normalized spacial score (nSPS) is 18.7. The number of carboxylic acid groups (broad SMARTS) is 1. The average molecular weight is 254 g/mol. The molecule has 1 unspecified atom stereocenters. The number of thiazole rings is 1. The highest BCUT2D eigenvalue weighted by Crippen LogP contribution is 2.31. The first kappa shape index (κ1) is 12.5. The van der Waals surface area contributed by atoms with Crippen molar-refractivity contribution in [3.63, 3.8) is 0 Å². The summed E-state index contributed by atoms with van der Waals surface area (Å²) in [5.41, 5.74) is 0. The number of aliphatic carboxylic acids is 1. The Morgan fingerprint density at radius 1 is 1.65 bits per heavy atom. The first-order valence-electron chi connectivity index (χ1n) is 6.05. The minimum atomic E-state index is -0.750. The molecule has 17 heavy (non-hydrogen) atoms. The van der Waals surface area contributed by atoms with E-state index in [4.69, 9.17) is 5.11 Å². The molecular weight excluding hydrogens is 236 g/mol. The Hall–Kier alpha value is -0.940. The Morgan fingerprint density at radius 2 is 2.35 bits per heavy atom. The fourth-order valence-electron chi connectivity index (χ4n) is 2.56. The van der Waals surface area contributed by atoms with E-state index in [2.05, 4.69) is 16.8 Å². The van der Waals surface area contributed by atoms with Crippen molar-refractivity contribution in [2.45, 2.75) is 44.7 Å². The Morgan fingerprint density at radius 3 is 2.88 bits per heavy atom. The van der Waals surface area contributed by atoms with Crippen molar-refractivity contribution in [2.24, 2.45) is 0 Å². The van der Waals surface area contributed by atoms with Gasteiger partial charge < -0.3 is 5.11 Å². The highest BCUT2D eigenvalue weighted by molar-refractivity contribution is 7.09. The molecule has 0 spiro atoms. The summed E-state index contributed by atoms with van der Waals surface area (Å²) in [6.45, 7) is 2.17. The number of nitrogens with zero attached hydrogens (tertiary/aromatic N) is 2. The molecular formula is C12H18N2O2S. The molecule has 1 N–H and O–H groups in total. The minimum Gasteiger partial charge on any atom is -0.480 e. The van der Waals surface area contributed by atoms with Gasteiger partial charge in [0.2, 0.25) is 0 Å². The van der Waals surface area contributed by atoms with Gasteiger partial charge in [-0.2, -0.15) is 0 Å². The fourth-order valence-corrected chi connectivity index (χ4v) is 3.27. The third-order valence-electron chi connectivity index (χ3n) is 3.42. The van der Waals surface area contributed by atoms with E-state index in [0.29, 0.717) is 6.04 Å². The first-order chi connectivity index (χ1) is 8.18. The van der Waals surface area contributed by atoms with Crippen molar-refractivity contribution < 1.29 is 9.90 Å². The summed E-state index contributed by atoms with van der Waals surface area (Å²) in [7, 11) is 0. The van der Waals surface area contributed by atoms with Crippen LogP contribution in [0.1, 0.15) is 43.7 Å². The molecule has 0 saturated heterocycles. The van der Waals surface area contributed by atoms with Crippen molar-refractivity contribution in [2.75, 3.05) is 6.54 Å². The highest BCUT2D eigenvalue weighted by Gasteiger charge is 2.29. The van der Waals surface area contributed by atoms with Crippen molar-refractivity contribution in [3.05, 3.63) is 16.6 Å². The molecule has 1 aromatic rings. The Bertz CT molecular complexity index is 361. The van der Waals surface area contributed by atoms with Gasteiger partial charge in [-0.25, -0.2) is 4.98 Å². The summed E-state index contributed by atoms with van der Waals surface area (Å²) >= 11 is 1.60. The van der Waals surface area contributed by atoms with Crippen LogP contribution in [0.2, 0.25) is 0 Å². The number of aromatic nitrogens is 1. The van der Waals surface area contributed by atoms with Gasteiger partial charge >= 0.3 is 5.97 Å². The number of rotatable bonds is 5. The van der Waals surface area contributed by atoms with Gasteiger partial charge in [0.15, 0.2) is 0 Å². The summed E-state index contributed by atoms with van der Waals surface area (Å²) in [4.78, 5) is 17.4. The van der Waals surface area contributed by atoms with E-state index < -0.39 is 5.97 Å². The van der Waals surface area contributed by atoms with Gasteiger partial charge in [-0.05, 0) is 19.8 Å². The van der Waals surface area contributed by atoms with Gasteiger partial charge in [0.05, 0.1) is 12.6 Å². The van der Waals surface area contributed by atoms with Crippen LogP contribution in [-0.2, 0) is 4.79 Å². The molecule has 4 nitrogen and oxygen atoms in total. The maximum atomic E-state index is 11.0. The van der Waals surface area contributed by atoms with Gasteiger partial charge in [0, 0.05) is 17.6 Å². The van der Waals surface area contributed by atoms with Crippen molar-refractivity contribution >= 4 is 17.3 Å². The van der Waals surface area contributed by atoms with E-state index in [-0.39, 0.29) is 12.6 Å². The predicted octanol–water partition coefficient (Wildman–Crippen LogP) is 2.53. The number of hydrogen-bond acceptors (Lipinski definition) is 4. The van der Waals surface area contributed by atoms with Gasteiger partial charge in [-0.3, -0.25) is 9.69 Å². The van der Waals surface area contributed by atoms with Crippen molar-refractivity contribution in [1.82, 2.24) is 9.88 Å². The monoisotopic (exact) mass is 254 g/mol. The molecule has 1 atom stereocenters. The average Bonchev–Trinajstić information content (AvgIpc) is 2.96. The van der Waals surface area contributed by atoms with E-state index in [1.165, 1.54) is 12.8 Å². The minimum absolute atomic E-state index is 0.106. The number of hydrogen-bond donors (Lipinski definition) is 1. The second kappa shape index (κ2) is 5.60. The number of carbonyl (C=O) groups is 1. The standard InChI is InChI=1S/C12H18N2O2S/c1-9(12-13-6-7-17-12)14(8-11(15)16)10-4-2-3-5-10/h6-7,9-10H,2-5,8H2,1H3,(H,15,16). The smallest absolute Gasteiger partial charge is 0.317 e. The van der Waals surface area contributed by atoms with Crippen LogP contribution >= 0.6 is 11.3 Å². The maximum Gasteiger partial charge on any atom is 0.317 e. The highest BCUT2D eigenvalue weighted by atomic mass is 32.1. The van der Waals surface area contributed by atoms with Crippen LogP contribution in [0, 0.1) is 0 Å². The van der Waals surface area contributed by atoms with E-state index in [1.807, 2.05) is 5.38 Å². The third-order valence-corrected chi connectivity index (χ3v) is 4.36. The number of carboxylic acids is 1. The van der Waals surface area contributed by atoms with Gasteiger partial charge in [0.1, 0.15) is 5.01 Å². The molecule has 1 aliphatic rings. The largest absolute Gasteiger partial charge is 0.480 e. The van der Waals surface area contributed by atoms with Crippen LogP contribution in [0.5, 0.6) is 0 Å². The first-order valence-corrected chi connectivity index (χ1v) is 6.93. The fraction of sp³-hybridized carbons (Fsp3) is 0.667. The summed E-state index contributed by atoms with van der Waals surface area (Å²) in [6, 6.07) is 0.513. The molecule has 0 bridgehead atoms. The molecule has 0 radical (unpaired) electrons. The quantitative estimate of drug-likeness (QED) is 0.877. The molecule has 5 heteroatoms. The van der Waals surface area contributed by atoms with Gasteiger partial charge in [0.25, 0.3) is 0 Å². The molecule has 1 saturated carbocycles. The molecule has 0 amide bonds. The van der Waals surface area contributed by atoms with Crippen LogP contribution in [0.3, 0.4) is 0 Å². The van der Waals surface area contributed by atoms with Crippen LogP contribution in [-0.4, -0.2) is 33.5 Å². The van der Waals surface area contributed by atoms with E-state index in [9.17, 15) is 4.79 Å². The lowest BCUT2D eigenvalue weighted by molar-refractivity contribution is -0.139. The molecule has 1 fully saturated rings. The summed E-state index contributed by atoms with van der Waals surface area (Å²) in [5.74, 6) is -0.750. The van der Waals surface area contributed by atoms with Crippen LogP contribution in [0.4, 0.5) is 0 Å². The molecule has 1 aromatic heterocycles. The molecule has 94 valence electrons. The predicted molar refractivity (Wildman–Crippen MR) is 67.1 cm³/mol. The van der Waals surface area contributed by atoms with Gasteiger partial charge in [-0.1, -0.05) is 12.8 Å². The van der Waals surface area contributed by atoms with Crippen LogP contribution in [0.25, 0.3) is 0 Å². The van der Waals surface area contributed by atoms with Crippen molar-refractivity contribution in [3.8, 4) is 0 Å². The van der Waals surface area contributed by atoms with E-state index >= 15 is 0 Å². The summed E-state index contributed by atoms with van der Waals surface area (Å²) in [6.07, 6.45) is 6.44. The zero-order valence-corrected chi connectivity index (χ0v) is 10.8. The zero-order valence-electron chi connectivity index (χ0n) is 10.0. The Labute approximate surface area is 105 Å². The Balaban J connectivity index is 2.11. The van der Waals surface area contributed by atoms with Gasteiger partial charge in [-0.15, -0.1) is 11.3 Å². The van der Waals surface area contributed by atoms with Crippen LogP contribution in [0.15, 0.2) is 11.6 Å². The van der Waals surface area contributed by atoms with E-state index in [1.54, 1.807) is 17.5 Å². The molecule has 0 aliphatic heterocycles. The Kier molecular flexibility index (Phi) is 4.12. The lowest BCUT2D eigenvalue weighted by Crippen LogP contribution is -2.39. The SMILES string of the molecule is CC(c1nccs1)N(CC(=O)O)C1CCCC1. The maximum absolute atomic E-state index is 11.0. The molecule has 2 rings (SSSR count). The lowest BCUT2D eigenvalue weighted by atomic mass is 10.1. The van der Waals surface area contributed by atoms with Crippen LogP contribution < -0.4 is 0 Å². The second-order valence-electron chi connectivity index (χ2n) is 4.55.